The van der Waals surface area contributed by atoms with Crippen LogP contribution in [-0.4, -0.2) is 11.5 Å². The highest BCUT2D eigenvalue weighted by atomic mass is 35.5. The summed E-state index contributed by atoms with van der Waals surface area (Å²) in [4.78, 5) is 4.47. The summed E-state index contributed by atoms with van der Waals surface area (Å²) >= 11 is 6.21. The molecule has 0 unspecified atom stereocenters. The fraction of sp³-hybridized carbons (Fsp3) is 0.312. The molecule has 20 heavy (non-hydrogen) atoms. The Labute approximate surface area is 124 Å². The molecule has 2 aromatic rings. The number of hydrogen-bond acceptors (Lipinski definition) is 3. The smallest absolute Gasteiger partial charge is 0.141 e. The molecule has 0 aliphatic rings. The highest BCUT2D eigenvalue weighted by Crippen LogP contribution is 2.22. The zero-order valence-electron chi connectivity index (χ0n) is 11.8. The van der Waals surface area contributed by atoms with Crippen molar-refractivity contribution in [3.63, 3.8) is 0 Å². The SMILES string of the molecule is Cc1ccc(COc2ccc(C)nc2CCN)c(Cl)c1. The summed E-state index contributed by atoms with van der Waals surface area (Å²) in [7, 11) is 0. The van der Waals surface area contributed by atoms with Gasteiger partial charge in [-0.3, -0.25) is 4.98 Å². The average molecular weight is 291 g/mol. The molecule has 0 bridgehead atoms. The maximum absolute atomic E-state index is 6.21. The molecule has 0 spiro atoms. The van der Waals surface area contributed by atoms with Crippen molar-refractivity contribution in [2.75, 3.05) is 6.54 Å². The van der Waals surface area contributed by atoms with Crippen LogP contribution in [-0.2, 0) is 13.0 Å². The van der Waals surface area contributed by atoms with Gasteiger partial charge in [-0.2, -0.15) is 0 Å². The topological polar surface area (TPSA) is 48.1 Å². The van der Waals surface area contributed by atoms with Gasteiger partial charge in [0.25, 0.3) is 0 Å². The van der Waals surface area contributed by atoms with Gasteiger partial charge in [-0.25, -0.2) is 0 Å². The first kappa shape index (κ1) is 14.8. The summed E-state index contributed by atoms with van der Waals surface area (Å²) in [5.74, 6) is 0.776. The normalized spacial score (nSPS) is 10.6. The second kappa shape index (κ2) is 6.73. The third-order valence-electron chi connectivity index (χ3n) is 3.04. The number of rotatable bonds is 5. The van der Waals surface area contributed by atoms with E-state index in [2.05, 4.69) is 4.98 Å². The van der Waals surface area contributed by atoms with E-state index in [1.807, 2.05) is 44.2 Å². The second-order valence-electron chi connectivity index (χ2n) is 4.82. The van der Waals surface area contributed by atoms with Gasteiger partial charge in [0.05, 0.1) is 5.69 Å². The molecule has 1 aromatic heterocycles. The van der Waals surface area contributed by atoms with Gasteiger partial charge < -0.3 is 10.5 Å². The largest absolute Gasteiger partial charge is 0.487 e. The summed E-state index contributed by atoms with van der Waals surface area (Å²) in [6, 6.07) is 9.83. The van der Waals surface area contributed by atoms with Crippen molar-refractivity contribution < 1.29 is 4.74 Å². The number of halogens is 1. The van der Waals surface area contributed by atoms with E-state index in [9.17, 15) is 0 Å². The lowest BCUT2D eigenvalue weighted by Crippen LogP contribution is -2.08. The molecule has 0 amide bonds. The first-order valence-electron chi connectivity index (χ1n) is 6.64. The number of nitrogens with two attached hydrogens (primary N) is 1. The summed E-state index contributed by atoms with van der Waals surface area (Å²) in [6.07, 6.45) is 0.707. The van der Waals surface area contributed by atoms with Gasteiger partial charge in [-0.05, 0) is 44.2 Å². The molecular weight excluding hydrogens is 272 g/mol. The van der Waals surface area contributed by atoms with Gasteiger partial charge >= 0.3 is 0 Å². The van der Waals surface area contributed by atoms with Crippen LogP contribution in [0.15, 0.2) is 30.3 Å². The van der Waals surface area contributed by atoms with Crippen LogP contribution in [0.5, 0.6) is 5.75 Å². The minimum Gasteiger partial charge on any atom is -0.487 e. The van der Waals surface area contributed by atoms with Crippen LogP contribution in [0.25, 0.3) is 0 Å². The molecule has 0 radical (unpaired) electrons. The second-order valence-corrected chi connectivity index (χ2v) is 5.23. The number of benzene rings is 1. The number of aryl methyl sites for hydroxylation is 2. The van der Waals surface area contributed by atoms with Crippen molar-refractivity contribution in [1.29, 1.82) is 0 Å². The number of ether oxygens (including phenoxy) is 1. The Hall–Kier alpha value is -1.58. The van der Waals surface area contributed by atoms with E-state index in [0.717, 1.165) is 33.3 Å². The van der Waals surface area contributed by atoms with Gasteiger partial charge in [0.2, 0.25) is 0 Å². The number of nitrogens with zero attached hydrogens (tertiary/aromatic N) is 1. The van der Waals surface area contributed by atoms with Crippen molar-refractivity contribution in [3.05, 3.63) is 57.9 Å². The molecule has 0 aliphatic heterocycles. The summed E-state index contributed by atoms with van der Waals surface area (Å²) in [6.45, 7) is 4.96. The summed E-state index contributed by atoms with van der Waals surface area (Å²) in [5.41, 5.74) is 9.58. The van der Waals surface area contributed by atoms with E-state index < -0.39 is 0 Å². The van der Waals surface area contributed by atoms with E-state index in [0.29, 0.717) is 19.6 Å². The minimum absolute atomic E-state index is 0.432. The van der Waals surface area contributed by atoms with Crippen LogP contribution in [0.1, 0.15) is 22.5 Å². The number of hydrogen-bond donors (Lipinski definition) is 1. The Balaban J connectivity index is 2.14. The highest BCUT2D eigenvalue weighted by Gasteiger charge is 2.07. The van der Waals surface area contributed by atoms with Crippen molar-refractivity contribution >= 4 is 11.6 Å². The van der Waals surface area contributed by atoms with Gasteiger partial charge in [0.1, 0.15) is 12.4 Å². The van der Waals surface area contributed by atoms with Crippen LogP contribution in [0.2, 0.25) is 5.02 Å². The van der Waals surface area contributed by atoms with Gasteiger partial charge in [0, 0.05) is 22.7 Å². The predicted molar refractivity (Wildman–Crippen MR) is 82.3 cm³/mol. The van der Waals surface area contributed by atoms with E-state index in [-0.39, 0.29) is 0 Å². The fourth-order valence-corrected chi connectivity index (χ4v) is 2.26. The third-order valence-corrected chi connectivity index (χ3v) is 3.40. The number of aromatic nitrogens is 1. The standard InChI is InChI=1S/C16H19ClN2O/c1-11-3-5-13(14(17)9-11)10-20-16-6-4-12(2)19-15(16)7-8-18/h3-6,9H,7-8,10,18H2,1-2H3. The molecule has 3 nitrogen and oxygen atoms in total. The van der Waals surface area contributed by atoms with Crippen molar-refractivity contribution in [2.45, 2.75) is 26.9 Å². The van der Waals surface area contributed by atoms with E-state index in [1.54, 1.807) is 0 Å². The van der Waals surface area contributed by atoms with Crippen LogP contribution < -0.4 is 10.5 Å². The van der Waals surface area contributed by atoms with Crippen LogP contribution >= 0.6 is 11.6 Å². The Bertz CT molecular complexity index is 599. The summed E-state index contributed by atoms with van der Waals surface area (Å²) in [5, 5.41) is 0.727. The molecule has 2 rings (SSSR count). The lowest BCUT2D eigenvalue weighted by atomic mass is 10.1. The van der Waals surface area contributed by atoms with Gasteiger partial charge in [-0.1, -0.05) is 23.7 Å². The molecular formula is C16H19ClN2O. The van der Waals surface area contributed by atoms with Crippen molar-refractivity contribution in [1.82, 2.24) is 4.98 Å². The van der Waals surface area contributed by atoms with Gasteiger partial charge in [0.15, 0.2) is 0 Å². The molecule has 1 heterocycles. The molecule has 0 fully saturated rings. The Morgan fingerprint density at radius 3 is 2.70 bits per heavy atom. The molecule has 2 N–H and O–H groups in total. The first-order valence-corrected chi connectivity index (χ1v) is 7.02. The van der Waals surface area contributed by atoms with E-state index >= 15 is 0 Å². The lowest BCUT2D eigenvalue weighted by molar-refractivity contribution is 0.301. The maximum atomic E-state index is 6.21. The first-order chi connectivity index (χ1) is 9.60. The zero-order valence-corrected chi connectivity index (χ0v) is 12.6. The molecule has 1 aromatic carbocycles. The quantitative estimate of drug-likeness (QED) is 0.918. The third kappa shape index (κ3) is 3.71. The minimum atomic E-state index is 0.432. The molecule has 0 atom stereocenters. The van der Waals surface area contributed by atoms with Gasteiger partial charge in [-0.15, -0.1) is 0 Å². The predicted octanol–water partition coefficient (Wildman–Crippen LogP) is 3.43. The molecule has 0 aliphatic carbocycles. The Morgan fingerprint density at radius 2 is 2.00 bits per heavy atom. The molecule has 0 saturated heterocycles. The summed E-state index contributed by atoms with van der Waals surface area (Å²) < 4.78 is 5.85. The highest BCUT2D eigenvalue weighted by molar-refractivity contribution is 6.31. The molecule has 4 heteroatoms. The van der Waals surface area contributed by atoms with E-state index in [1.165, 1.54) is 0 Å². The average Bonchev–Trinajstić information content (AvgIpc) is 2.40. The molecule has 0 saturated carbocycles. The van der Waals surface area contributed by atoms with Crippen LogP contribution in [0, 0.1) is 13.8 Å². The van der Waals surface area contributed by atoms with Crippen LogP contribution in [0.4, 0.5) is 0 Å². The lowest BCUT2D eigenvalue weighted by Gasteiger charge is -2.12. The maximum Gasteiger partial charge on any atom is 0.141 e. The monoisotopic (exact) mass is 290 g/mol. The molecule has 106 valence electrons. The number of pyridine rings is 1. The van der Waals surface area contributed by atoms with Crippen molar-refractivity contribution in [2.24, 2.45) is 5.73 Å². The van der Waals surface area contributed by atoms with E-state index in [4.69, 9.17) is 22.1 Å². The van der Waals surface area contributed by atoms with Crippen LogP contribution in [0.3, 0.4) is 0 Å². The zero-order chi connectivity index (χ0) is 14.5. The van der Waals surface area contributed by atoms with Crippen molar-refractivity contribution in [3.8, 4) is 5.75 Å². The fourth-order valence-electron chi connectivity index (χ4n) is 1.97. The Kier molecular flexibility index (Phi) is 4.99. The Morgan fingerprint density at radius 1 is 1.20 bits per heavy atom.